The van der Waals surface area contributed by atoms with Crippen LogP contribution in [0.3, 0.4) is 0 Å². The number of nitrogens with one attached hydrogen (secondary N) is 1. The second-order valence-corrected chi connectivity index (χ2v) is 4.62. The predicted molar refractivity (Wildman–Crippen MR) is 77.1 cm³/mol. The number of ether oxygens (including phenoxy) is 1. The summed E-state index contributed by atoms with van der Waals surface area (Å²) in [5, 5.41) is 2.70. The van der Waals surface area contributed by atoms with Crippen LogP contribution < -0.4 is 15.8 Å². The van der Waals surface area contributed by atoms with E-state index >= 15 is 0 Å². The highest BCUT2D eigenvalue weighted by atomic mass is 16.5. The van der Waals surface area contributed by atoms with E-state index in [0.29, 0.717) is 12.3 Å². The topological polar surface area (TPSA) is 64.3 Å². The molecule has 3 N–H and O–H groups in total. The highest BCUT2D eigenvalue weighted by Crippen LogP contribution is 2.26. The van der Waals surface area contributed by atoms with Crippen molar-refractivity contribution >= 4 is 5.91 Å². The van der Waals surface area contributed by atoms with E-state index in [4.69, 9.17) is 10.5 Å². The maximum Gasteiger partial charge on any atom is 0.261 e. The summed E-state index contributed by atoms with van der Waals surface area (Å²) in [6.45, 7) is 9.56. The molecule has 0 saturated heterocycles. The largest absolute Gasteiger partial charge is 0.481 e. The summed E-state index contributed by atoms with van der Waals surface area (Å²) >= 11 is 0. The van der Waals surface area contributed by atoms with Gasteiger partial charge in [0.2, 0.25) is 0 Å². The van der Waals surface area contributed by atoms with Gasteiger partial charge in [-0.05, 0) is 32.4 Å². The van der Waals surface area contributed by atoms with Gasteiger partial charge >= 0.3 is 0 Å². The van der Waals surface area contributed by atoms with Crippen LogP contribution in [0.1, 0.15) is 31.0 Å². The van der Waals surface area contributed by atoms with E-state index in [1.54, 1.807) is 13.0 Å². The van der Waals surface area contributed by atoms with E-state index in [2.05, 4.69) is 11.9 Å². The zero-order valence-corrected chi connectivity index (χ0v) is 11.8. The molecule has 1 aromatic carbocycles. The van der Waals surface area contributed by atoms with Gasteiger partial charge in [-0.2, -0.15) is 0 Å². The maximum absolute atomic E-state index is 11.8. The zero-order chi connectivity index (χ0) is 14.4. The lowest BCUT2D eigenvalue weighted by atomic mass is 10.1. The van der Waals surface area contributed by atoms with Gasteiger partial charge in [-0.1, -0.05) is 18.2 Å². The number of hydrogen-bond donors (Lipinski definition) is 2. The molecule has 104 valence electrons. The molecule has 4 heteroatoms. The average Bonchev–Trinajstić information content (AvgIpc) is 2.35. The van der Waals surface area contributed by atoms with Crippen molar-refractivity contribution in [2.75, 3.05) is 6.54 Å². The Bertz CT molecular complexity index is 455. The second-order valence-electron chi connectivity index (χ2n) is 4.62. The van der Waals surface area contributed by atoms with Crippen LogP contribution in [0.25, 0.3) is 0 Å². The van der Waals surface area contributed by atoms with Gasteiger partial charge in [-0.3, -0.25) is 4.79 Å². The number of aryl methyl sites for hydroxylation is 1. The van der Waals surface area contributed by atoms with Crippen molar-refractivity contribution in [3.05, 3.63) is 42.0 Å². The van der Waals surface area contributed by atoms with Gasteiger partial charge in [0.05, 0.1) is 0 Å². The third-order valence-electron chi connectivity index (χ3n) is 2.75. The predicted octanol–water partition coefficient (Wildman–Crippen LogP) is 2.08. The molecule has 4 nitrogen and oxygen atoms in total. The number of amides is 1. The number of nitrogens with two attached hydrogens (primary N) is 1. The van der Waals surface area contributed by atoms with Crippen molar-refractivity contribution in [1.29, 1.82) is 0 Å². The Labute approximate surface area is 114 Å². The van der Waals surface area contributed by atoms with Crippen LogP contribution in [0.15, 0.2) is 30.9 Å². The first-order valence-electron chi connectivity index (χ1n) is 6.37. The molecule has 0 radical (unpaired) electrons. The molecule has 0 aliphatic heterocycles. The highest BCUT2D eigenvalue weighted by Gasteiger charge is 2.16. The van der Waals surface area contributed by atoms with Crippen molar-refractivity contribution < 1.29 is 9.53 Å². The zero-order valence-electron chi connectivity index (χ0n) is 11.8. The summed E-state index contributed by atoms with van der Waals surface area (Å²) in [6.07, 6.45) is 1.06. The first-order chi connectivity index (χ1) is 8.95. The van der Waals surface area contributed by atoms with Crippen LogP contribution in [0.4, 0.5) is 0 Å². The summed E-state index contributed by atoms with van der Waals surface area (Å²) in [5.74, 6) is 0.494. The van der Waals surface area contributed by atoms with Crippen molar-refractivity contribution in [3.8, 4) is 5.75 Å². The molecule has 19 heavy (non-hydrogen) atoms. The minimum Gasteiger partial charge on any atom is -0.481 e. The smallest absolute Gasteiger partial charge is 0.261 e. The van der Waals surface area contributed by atoms with Crippen molar-refractivity contribution in [2.45, 2.75) is 32.9 Å². The lowest BCUT2D eigenvalue weighted by Gasteiger charge is -2.19. The van der Waals surface area contributed by atoms with Gasteiger partial charge in [-0.25, -0.2) is 0 Å². The Kier molecular flexibility index (Phi) is 5.57. The lowest BCUT2D eigenvalue weighted by Crippen LogP contribution is -2.36. The summed E-state index contributed by atoms with van der Waals surface area (Å²) in [6, 6.07) is 5.67. The molecule has 0 spiro atoms. The standard InChI is InChI=1S/C15H22N2O2/c1-5-8-17-15(18)12(4)19-14-9-10(2)6-7-13(14)11(3)16/h5-7,9,11-12H,1,8,16H2,2-4H3,(H,17,18)/t11-,12?/m1/s1. The molecular weight excluding hydrogens is 240 g/mol. The fourth-order valence-electron chi connectivity index (χ4n) is 1.68. The normalized spacial score (nSPS) is 13.5. The first-order valence-corrected chi connectivity index (χ1v) is 6.37. The Hall–Kier alpha value is -1.81. The molecule has 1 unspecified atom stereocenters. The van der Waals surface area contributed by atoms with E-state index in [1.807, 2.05) is 32.0 Å². The van der Waals surface area contributed by atoms with E-state index in [1.165, 1.54) is 0 Å². The van der Waals surface area contributed by atoms with Crippen LogP contribution >= 0.6 is 0 Å². The van der Waals surface area contributed by atoms with Crippen LogP contribution in [0.2, 0.25) is 0 Å². The fourth-order valence-corrected chi connectivity index (χ4v) is 1.68. The van der Waals surface area contributed by atoms with Crippen LogP contribution in [0, 0.1) is 6.92 Å². The van der Waals surface area contributed by atoms with E-state index < -0.39 is 6.10 Å². The van der Waals surface area contributed by atoms with Gasteiger partial charge in [0.25, 0.3) is 5.91 Å². The van der Waals surface area contributed by atoms with Gasteiger partial charge < -0.3 is 15.8 Å². The third kappa shape index (κ3) is 4.41. The summed E-state index contributed by atoms with van der Waals surface area (Å²) in [5.41, 5.74) is 7.87. The van der Waals surface area contributed by atoms with Gasteiger partial charge in [0, 0.05) is 18.2 Å². The SMILES string of the molecule is C=CCNC(=O)C(C)Oc1cc(C)ccc1[C@@H](C)N. The van der Waals surface area contributed by atoms with Crippen molar-refractivity contribution in [2.24, 2.45) is 5.73 Å². The Morgan fingerprint density at radius 1 is 1.53 bits per heavy atom. The maximum atomic E-state index is 11.8. The Balaban J connectivity index is 2.83. The first kappa shape index (κ1) is 15.2. The molecule has 0 aromatic heterocycles. The second kappa shape index (κ2) is 6.95. The minimum atomic E-state index is -0.570. The van der Waals surface area contributed by atoms with Crippen LogP contribution in [0.5, 0.6) is 5.75 Å². The number of carbonyl (C=O) groups is 1. The molecule has 2 atom stereocenters. The van der Waals surface area contributed by atoms with Gasteiger partial charge in [0.1, 0.15) is 5.75 Å². The average molecular weight is 262 g/mol. The summed E-state index contributed by atoms with van der Waals surface area (Å²) in [7, 11) is 0. The number of rotatable bonds is 6. The quantitative estimate of drug-likeness (QED) is 0.771. The molecular formula is C15H22N2O2. The Morgan fingerprint density at radius 2 is 2.21 bits per heavy atom. The molecule has 0 heterocycles. The molecule has 0 bridgehead atoms. The fraction of sp³-hybridized carbons (Fsp3) is 0.400. The molecule has 1 amide bonds. The molecule has 1 rings (SSSR count). The van der Waals surface area contributed by atoms with Crippen LogP contribution in [-0.4, -0.2) is 18.6 Å². The summed E-state index contributed by atoms with van der Waals surface area (Å²) < 4.78 is 5.72. The lowest BCUT2D eigenvalue weighted by molar-refractivity contribution is -0.127. The van der Waals surface area contributed by atoms with E-state index in [9.17, 15) is 4.79 Å². The van der Waals surface area contributed by atoms with Gasteiger partial charge in [-0.15, -0.1) is 6.58 Å². The monoisotopic (exact) mass is 262 g/mol. The number of carbonyl (C=O) groups excluding carboxylic acids is 1. The van der Waals surface area contributed by atoms with Crippen molar-refractivity contribution in [3.63, 3.8) is 0 Å². The Morgan fingerprint density at radius 3 is 2.79 bits per heavy atom. The molecule has 1 aromatic rings. The molecule has 0 aliphatic rings. The molecule has 0 saturated carbocycles. The van der Waals surface area contributed by atoms with Crippen molar-refractivity contribution in [1.82, 2.24) is 5.32 Å². The minimum absolute atomic E-state index is 0.140. The summed E-state index contributed by atoms with van der Waals surface area (Å²) in [4.78, 5) is 11.8. The van der Waals surface area contributed by atoms with E-state index in [0.717, 1.165) is 11.1 Å². The van der Waals surface area contributed by atoms with Gasteiger partial charge in [0.15, 0.2) is 6.10 Å². The molecule has 0 aliphatic carbocycles. The third-order valence-corrected chi connectivity index (χ3v) is 2.75. The van der Waals surface area contributed by atoms with E-state index in [-0.39, 0.29) is 11.9 Å². The number of hydrogen-bond acceptors (Lipinski definition) is 3. The number of benzene rings is 1. The van der Waals surface area contributed by atoms with Crippen LogP contribution in [-0.2, 0) is 4.79 Å². The highest BCUT2D eigenvalue weighted by molar-refractivity contribution is 5.80. The molecule has 0 fully saturated rings.